The molecular formula is C35H42ClN7O6. The van der Waals surface area contributed by atoms with Crippen LogP contribution in [0.2, 0.25) is 5.02 Å². The monoisotopic (exact) mass is 691 g/mol. The van der Waals surface area contributed by atoms with Gasteiger partial charge in [-0.15, -0.1) is 0 Å². The average Bonchev–Trinajstić information content (AvgIpc) is 3.33. The first kappa shape index (κ1) is 35.2. The number of carbonyl (C=O) groups is 1. The van der Waals surface area contributed by atoms with E-state index in [1.54, 1.807) is 66.7 Å². The van der Waals surface area contributed by atoms with Gasteiger partial charge in [-0.1, -0.05) is 11.6 Å². The molecule has 14 heteroatoms. The van der Waals surface area contributed by atoms with Crippen LogP contribution in [0, 0.1) is 0 Å². The number of nitrogens with one attached hydrogen (secondary N) is 3. The van der Waals surface area contributed by atoms with Crippen molar-refractivity contribution in [2.75, 3.05) is 78.7 Å². The van der Waals surface area contributed by atoms with Gasteiger partial charge in [-0.3, -0.25) is 9.69 Å². The highest BCUT2D eigenvalue weighted by Gasteiger charge is 2.30. The Morgan fingerprint density at radius 3 is 1.94 bits per heavy atom. The number of nitrogens with zero attached hydrogens (tertiary/aromatic N) is 4. The Kier molecular flexibility index (Phi) is 11.4. The van der Waals surface area contributed by atoms with Crippen molar-refractivity contribution in [1.82, 2.24) is 19.8 Å². The summed E-state index contributed by atoms with van der Waals surface area (Å²) in [7, 11) is 11.5. The van der Waals surface area contributed by atoms with Crippen LogP contribution in [0.3, 0.4) is 0 Å². The van der Waals surface area contributed by atoms with Crippen LogP contribution in [-0.2, 0) is 17.6 Å². The molecule has 1 amide bonds. The van der Waals surface area contributed by atoms with Crippen molar-refractivity contribution in [3.05, 3.63) is 70.9 Å². The largest absolute Gasteiger partial charge is 0.497 e. The summed E-state index contributed by atoms with van der Waals surface area (Å²) in [6, 6.07) is 15.0. The SMILES string of the molecule is COc1ccc(Nc2nc(Nc3cc4c(cc3OC)CCN(C(Nc3ccc(OC)cc3OC)C(=O)N(C)C)CC4)ncc2Cl)c(OC)c1. The van der Waals surface area contributed by atoms with E-state index in [4.69, 9.17) is 35.3 Å². The lowest BCUT2D eigenvalue weighted by molar-refractivity contribution is -0.133. The van der Waals surface area contributed by atoms with Crippen LogP contribution in [0.4, 0.5) is 28.8 Å². The number of ether oxygens (including phenoxy) is 5. The van der Waals surface area contributed by atoms with Gasteiger partial charge in [0, 0.05) is 39.3 Å². The number of likely N-dealkylation sites (N-methyl/N-ethyl adjacent to an activating group) is 1. The minimum Gasteiger partial charge on any atom is -0.497 e. The fourth-order valence-electron chi connectivity index (χ4n) is 5.58. The Bertz CT molecular complexity index is 1790. The van der Waals surface area contributed by atoms with Crippen LogP contribution in [-0.4, -0.2) is 94.6 Å². The molecule has 1 aromatic heterocycles. The number of carbonyl (C=O) groups excluding carboxylic acids is 1. The summed E-state index contributed by atoms with van der Waals surface area (Å²) in [5, 5.41) is 10.3. The maximum Gasteiger partial charge on any atom is 0.259 e. The molecule has 260 valence electrons. The zero-order valence-corrected chi connectivity index (χ0v) is 29.5. The zero-order chi connectivity index (χ0) is 35.1. The molecule has 0 fully saturated rings. The fraction of sp³-hybridized carbons (Fsp3) is 0.343. The van der Waals surface area contributed by atoms with Crippen molar-refractivity contribution in [1.29, 1.82) is 0 Å². The lowest BCUT2D eigenvalue weighted by Gasteiger charge is -2.33. The maximum absolute atomic E-state index is 13.5. The number of benzene rings is 3. The normalized spacial score (nSPS) is 13.3. The van der Waals surface area contributed by atoms with Gasteiger partial charge in [0.1, 0.15) is 33.8 Å². The van der Waals surface area contributed by atoms with Crippen LogP contribution in [0.15, 0.2) is 54.7 Å². The Hall–Kier alpha value is -5.14. The fourth-order valence-corrected chi connectivity index (χ4v) is 5.72. The molecular weight excluding hydrogens is 650 g/mol. The van der Waals surface area contributed by atoms with Gasteiger partial charge in [0.05, 0.1) is 58.8 Å². The third kappa shape index (κ3) is 8.12. The van der Waals surface area contributed by atoms with Crippen LogP contribution >= 0.6 is 11.6 Å². The Morgan fingerprint density at radius 1 is 0.776 bits per heavy atom. The molecule has 13 nitrogen and oxygen atoms in total. The number of rotatable bonds is 13. The average molecular weight is 692 g/mol. The second-order valence-corrected chi connectivity index (χ2v) is 11.8. The van der Waals surface area contributed by atoms with E-state index in [9.17, 15) is 4.79 Å². The van der Waals surface area contributed by atoms with Crippen molar-refractivity contribution in [2.45, 2.75) is 19.0 Å². The molecule has 4 aromatic rings. The van der Waals surface area contributed by atoms with Crippen molar-refractivity contribution >= 4 is 46.3 Å². The van der Waals surface area contributed by atoms with Gasteiger partial charge >= 0.3 is 0 Å². The number of halogens is 1. The molecule has 5 rings (SSSR count). The summed E-state index contributed by atoms with van der Waals surface area (Å²) in [5.41, 5.74) is 4.31. The smallest absolute Gasteiger partial charge is 0.259 e. The second kappa shape index (κ2) is 15.8. The topological polar surface area (TPSA) is 132 Å². The minimum atomic E-state index is -0.621. The van der Waals surface area contributed by atoms with Crippen LogP contribution in [0.25, 0.3) is 0 Å². The number of methoxy groups -OCH3 is 5. The van der Waals surface area contributed by atoms with Gasteiger partial charge in [0.2, 0.25) is 5.95 Å². The highest BCUT2D eigenvalue weighted by molar-refractivity contribution is 6.33. The first-order valence-corrected chi connectivity index (χ1v) is 16.0. The number of hydrogen-bond acceptors (Lipinski definition) is 12. The molecule has 0 radical (unpaired) electrons. The Morgan fingerprint density at radius 2 is 1.35 bits per heavy atom. The highest BCUT2D eigenvalue weighted by atomic mass is 35.5. The molecule has 49 heavy (non-hydrogen) atoms. The van der Waals surface area contributed by atoms with Crippen LogP contribution in [0.1, 0.15) is 11.1 Å². The van der Waals surface area contributed by atoms with E-state index in [1.165, 1.54) is 6.20 Å². The molecule has 0 bridgehead atoms. The molecule has 0 aliphatic carbocycles. The first-order chi connectivity index (χ1) is 23.7. The first-order valence-electron chi connectivity index (χ1n) is 15.6. The molecule has 1 atom stereocenters. The van der Waals surface area contributed by atoms with Gasteiger partial charge in [-0.05, 0) is 60.4 Å². The van der Waals surface area contributed by atoms with Crippen molar-refractivity contribution in [3.8, 4) is 28.7 Å². The summed E-state index contributed by atoms with van der Waals surface area (Å²) in [5.74, 6) is 3.75. The van der Waals surface area contributed by atoms with E-state index in [1.807, 2.05) is 30.3 Å². The van der Waals surface area contributed by atoms with E-state index in [-0.39, 0.29) is 5.91 Å². The van der Waals surface area contributed by atoms with Crippen LogP contribution < -0.4 is 39.6 Å². The number of hydrogen-bond donors (Lipinski definition) is 3. The van der Waals surface area contributed by atoms with Gasteiger partial charge < -0.3 is 44.5 Å². The van der Waals surface area contributed by atoms with Crippen LogP contribution in [0.5, 0.6) is 28.7 Å². The van der Waals surface area contributed by atoms with Gasteiger partial charge in [0.25, 0.3) is 5.91 Å². The predicted octanol–water partition coefficient (Wildman–Crippen LogP) is 5.59. The summed E-state index contributed by atoms with van der Waals surface area (Å²) < 4.78 is 27.6. The summed E-state index contributed by atoms with van der Waals surface area (Å²) in [6.07, 6.45) is 2.30. The molecule has 1 aliphatic heterocycles. The maximum atomic E-state index is 13.5. The molecule has 0 saturated carbocycles. The summed E-state index contributed by atoms with van der Waals surface area (Å²) in [6.45, 7) is 1.27. The van der Waals surface area contributed by atoms with E-state index in [2.05, 4.69) is 36.9 Å². The van der Waals surface area contributed by atoms with Gasteiger partial charge in [0.15, 0.2) is 12.0 Å². The Labute approximate surface area is 291 Å². The highest BCUT2D eigenvalue weighted by Crippen LogP contribution is 2.36. The van der Waals surface area contributed by atoms with Crippen molar-refractivity contribution in [3.63, 3.8) is 0 Å². The van der Waals surface area contributed by atoms with Gasteiger partial charge in [-0.25, -0.2) is 4.98 Å². The second-order valence-electron chi connectivity index (χ2n) is 11.4. The third-order valence-electron chi connectivity index (χ3n) is 8.25. The number of aromatic nitrogens is 2. The third-order valence-corrected chi connectivity index (χ3v) is 8.53. The molecule has 0 spiro atoms. The molecule has 1 unspecified atom stereocenters. The van der Waals surface area contributed by atoms with E-state index >= 15 is 0 Å². The Balaban J connectivity index is 1.37. The number of amides is 1. The van der Waals surface area contributed by atoms with Crippen molar-refractivity contribution < 1.29 is 28.5 Å². The standard InChI is InChI=1S/C35H42ClN7O6/c1-42(2)34(44)33(39-27-11-9-24(46-4)19-31(27)49-7)43-14-12-21-16-28(29(47-5)17-22(21)13-15-43)40-35-37-20-25(36)32(41-35)38-26-10-8-23(45-3)18-30(26)48-6/h8-11,16-20,33,39H,12-15H2,1-7H3,(H2,37,38,40,41). The van der Waals surface area contributed by atoms with E-state index < -0.39 is 6.17 Å². The molecule has 3 N–H and O–H groups in total. The summed E-state index contributed by atoms with van der Waals surface area (Å²) in [4.78, 5) is 26.3. The molecule has 3 aromatic carbocycles. The number of anilines is 5. The van der Waals surface area contributed by atoms with E-state index in [0.29, 0.717) is 88.5 Å². The predicted molar refractivity (Wildman–Crippen MR) is 191 cm³/mol. The molecule has 1 aliphatic rings. The minimum absolute atomic E-state index is 0.0691. The lowest BCUT2D eigenvalue weighted by atomic mass is 10.0. The summed E-state index contributed by atoms with van der Waals surface area (Å²) >= 11 is 6.48. The van der Waals surface area contributed by atoms with E-state index in [0.717, 1.165) is 11.1 Å². The molecule has 2 heterocycles. The molecule has 0 saturated heterocycles. The quantitative estimate of drug-likeness (QED) is 0.162. The zero-order valence-electron chi connectivity index (χ0n) is 28.7. The lowest BCUT2D eigenvalue weighted by Crippen LogP contribution is -2.52. The number of fused-ring (bicyclic) bond motifs is 1. The van der Waals surface area contributed by atoms with Gasteiger partial charge in [-0.2, -0.15) is 4.98 Å². The van der Waals surface area contributed by atoms with Crippen molar-refractivity contribution in [2.24, 2.45) is 0 Å².